The lowest BCUT2D eigenvalue weighted by molar-refractivity contribution is -0.171. The first-order valence-corrected chi connectivity index (χ1v) is 10.1. The van der Waals surface area contributed by atoms with Crippen LogP contribution in [-0.4, -0.2) is 47.5 Å². The van der Waals surface area contributed by atoms with Gasteiger partial charge in [-0.3, -0.25) is 14.9 Å². The molecule has 174 valence electrons. The Hall–Kier alpha value is -3.74. The molecule has 2 aromatic carbocycles. The van der Waals surface area contributed by atoms with Gasteiger partial charge >= 0.3 is 12.2 Å². The van der Waals surface area contributed by atoms with Gasteiger partial charge in [-0.2, -0.15) is 13.2 Å². The number of urea groups is 1. The monoisotopic (exact) mass is 483 g/mol. The largest absolute Gasteiger partial charge is 0.404 e. The lowest BCUT2D eigenvalue weighted by Crippen LogP contribution is -2.42. The van der Waals surface area contributed by atoms with E-state index in [4.69, 9.17) is 5.73 Å². The molecule has 3 rings (SSSR count). The number of primary amides is 1. The number of nitrogens with one attached hydrogen (secondary N) is 2. The highest BCUT2D eigenvalue weighted by atomic mass is 32.1. The number of rotatable bonds is 6. The maximum Gasteiger partial charge on any atom is 0.404 e. The number of nitrogens with two attached hydrogens (primary N) is 1. The van der Waals surface area contributed by atoms with Crippen molar-refractivity contribution in [2.24, 2.45) is 5.73 Å². The van der Waals surface area contributed by atoms with Gasteiger partial charge in [0.25, 0.3) is 0 Å². The van der Waals surface area contributed by atoms with Gasteiger partial charge in [0.1, 0.15) is 5.82 Å². The first kappa shape index (κ1) is 23.9. The molecule has 0 spiro atoms. The quantitative estimate of drug-likeness (QED) is 0.464. The summed E-state index contributed by atoms with van der Waals surface area (Å²) < 4.78 is 54.3. The van der Waals surface area contributed by atoms with Gasteiger partial charge in [0.05, 0.1) is 16.8 Å². The highest BCUT2D eigenvalue weighted by Crippen LogP contribution is 2.38. The average molecular weight is 483 g/mol. The number of nitrogens with zero attached hydrogens (tertiary/aromatic N) is 2. The molecule has 4 amide bonds. The molecule has 8 nitrogen and oxygen atoms in total. The normalized spacial score (nSPS) is 12.3. The molecule has 0 fully saturated rings. The minimum Gasteiger partial charge on any atom is -0.368 e. The van der Waals surface area contributed by atoms with E-state index in [9.17, 15) is 31.9 Å². The molecule has 1 atom stereocenters. The number of alkyl halides is 3. The van der Waals surface area contributed by atoms with Crippen molar-refractivity contribution in [3.63, 3.8) is 0 Å². The van der Waals surface area contributed by atoms with Crippen LogP contribution in [-0.2, 0) is 9.59 Å². The summed E-state index contributed by atoms with van der Waals surface area (Å²) in [6.07, 6.45) is -4.92. The zero-order valence-electron chi connectivity index (χ0n) is 16.9. The Balaban J connectivity index is 1.82. The smallest absolute Gasteiger partial charge is 0.368 e. The van der Waals surface area contributed by atoms with Crippen molar-refractivity contribution in [2.75, 3.05) is 24.2 Å². The molecule has 13 heteroatoms. The van der Waals surface area contributed by atoms with Crippen molar-refractivity contribution < 1.29 is 31.9 Å². The predicted molar refractivity (Wildman–Crippen MR) is 114 cm³/mol. The average Bonchev–Trinajstić information content (AvgIpc) is 3.09. The molecular weight excluding hydrogens is 466 g/mol. The van der Waals surface area contributed by atoms with Gasteiger partial charge in [-0.05, 0) is 42.0 Å². The number of thiazole rings is 1. The van der Waals surface area contributed by atoms with Crippen LogP contribution < -0.4 is 16.4 Å². The molecule has 0 saturated carbocycles. The summed E-state index contributed by atoms with van der Waals surface area (Å²) >= 11 is 0.902. The van der Waals surface area contributed by atoms with Crippen LogP contribution in [0.4, 0.5) is 33.2 Å². The Labute approximate surface area is 188 Å². The summed E-state index contributed by atoms with van der Waals surface area (Å²) in [7, 11) is 1.05. The second-order valence-corrected chi connectivity index (χ2v) is 8.00. The molecule has 0 aliphatic rings. The van der Waals surface area contributed by atoms with E-state index in [0.717, 1.165) is 42.6 Å². The van der Waals surface area contributed by atoms with Crippen LogP contribution in [0.1, 0.15) is 11.5 Å². The fraction of sp³-hybridized carbons (Fsp3) is 0.200. The molecule has 0 bridgehead atoms. The topological polar surface area (TPSA) is 117 Å². The summed E-state index contributed by atoms with van der Waals surface area (Å²) in [4.78, 5) is 40.3. The third-order valence-corrected chi connectivity index (χ3v) is 5.35. The first-order chi connectivity index (χ1) is 15.4. The molecule has 1 heterocycles. The molecule has 4 N–H and O–H groups in total. The summed E-state index contributed by atoms with van der Waals surface area (Å²) in [5.41, 5.74) is 5.26. The predicted octanol–water partition coefficient (Wildman–Crippen LogP) is 3.67. The Morgan fingerprint density at radius 2 is 1.79 bits per heavy atom. The molecule has 3 aromatic rings. The molecule has 0 radical (unpaired) electrons. The van der Waals surface area contributed by atoms with Crippen LogP contribution in [0.2, 0.25) is 0 Å². The van der Waals surface area contributed by atoms with Gasteiger partial charge in [0, 0.05) is 12.7 Å². The minimum absolute atomic E-state index is 0.0995. The summed E-state index contributed by atoms with van der Waals surface area (Å²) in [6.45, 7) is -0.661. The van der Waals surface area contributed by atoms with Crippen molar-refractivity contribution >= 4 is 50.2 Å². The van der Waals surface area contributed by atoms with Gasteiger partial charge in [0.15, 0.2) is 11.0 Å². The molecule has 1 aromatic heterocycles. The van der Waals surface area contributed by atoms with E-state index in [0.29, 0.717) is 20.8 Å². The van der Waals surface area contributed by atoms with Crippen molar-refractivity contribution in [3.8, 4) is 0 Å². The zero-order chi connectivity index (χ0) is 24.3. The number of aromatic nitrogens is 1. The number of anilines is 2. The minimum atomic E-state index is -4.92. The highest BCUT2D eigenvalue weighted by molar-refractivity contribution is 7.22. The third-order valence-electron chi connectivity index (χ3n) is 4.41. The SMILES string of the molecule is CN(CC(N)=O)C(=O)[C@@H](c1ccc2nc(NC(=O)Nc3ccc(F)cc3)sc2c1)C(F)(F)F. The number of hydrogen-bond donors (Lipinski definition) is 3. The van der Waals surface area contributed by atoms with Crippen molar-refractivity contribution in [2.45, 2.75) is 12.1 Å². The molecule has 33 heavy (non-hydrogen) atoms. The van der Waals surface area contributed by atoms with Gasteiger partial charge in [-0.1, -0.05) is 17.4 Å². The molecule has 0 aliphatic heterocycles. The van der Waals surface area contributed by atoms with Gasteiger partial charge < -0.3 is 16.0 Å². The van der Waals surface area contributed by atoms with Gasteiger partial charge in [0.2, 0.25) is 11.8 Å². The van der Waals surface area contributed by atoms with Crippen LogP contribution in [0.25, 0.3) is 10.2 Å². The number of hydrogen-bond acceptors (Lipinski definition) is 5. The number of likely N-dealkylation sites (N-methyl/N-ethyl adjacent to an activating group) is 1. The Bertz CT molecular complexity index is 1200. The van der Waals surface area contributed by atoms with Crippen LogP contribution in [0, 0.1) is 5.82 Å². The lowest BCUT2D eigenvalue weighted by Gasteiger charge is -2.25. The van der Waals surface area contributed by atoms with E-state index in [-0.39, 0.29) is 10.7 Å². The molecule has 0 aliphatic carbocycles. The maximum atomic E-state index is 13.7. The molecule has 0 saturated heterocycles. The van der Waals surface area contributed by atoms with Gasteiger partial charge in [-0.25, -0.2) is 14.2 Å². The van der Waals surface area contributed by atoms with Gasteiger partial charge in [-0.15, -0.1) is 0 Å². The number of halogens is 4. The van der Waals surface area contributed by atoms with Crippen LogP contribution in [0.5, 0.6) is 0 Å². The fourth-order valence-corrected chi connectivity index (χ4v) is 3.88. The Morgan fingerprint density at radius 3 is 2.39 bits per heavy atom. The van der Waals surface area contributed by atoms with E-state index >= 15 is 0 Å². The Morgan fingerprint density at radius 1 is 1.12 bits per heavy atom. The first-order valence-electron chi connectivity index (χ1n) is 9.28. The molecule has 0 unspecified atom stereocenters. The van der Waals surface area contributed by atoms with Crippen LogP contribution in [0.3, 0.4) is 0 Å². The van der Waals surface area contributed by atoms with E-state index in [1.807, 2.05) is 0 Å². The summed E-state index contributed by atoms with van der Waals surface area (Å²) in [5.74, 6) is -5.26. The maximum absolute atomic E-state index is 13.7. The number of amides is 4. The standard InChI is InChI=1S/C20H17F4N5O3S/c1-29(9-15(25)30)17(31)16(20(22,23)24)10-2-7-13-14(8-10)33-19(27-13)28-18(32)26-12-5-3-11(21)4-6-12/h2-8,16H,9H2,1H3,(H2,25,30)(H2,26,27,28,32)/t16-/m1/s1. The van der Waals surface area contributed by atoms with Crippen molar-refractivity contribution in [3.05, 3.63) is 53.8 Å². The van der Waals surface area contributed by atoms with E-state index in [2.05, 4.69) is 15.6 Å². The highest BCUT2D eigenvalue weighted by Gasteiger charge is 2.47. The Kier molecular flexibility index (Phi) is 6.81. The molecular formula is C20H17F4N5O3S. The number of fused-ring (bicyclic) bond motifs is 1. The number of benzene rings is 2. The van der Waals surface area contributed by atoms with E-state index in [1.54, 1.807) is 0 Å². The van der Waals surface area contributed by atoms with Crippen LogP contribution in [0.15, 0.2) is 42.5 Å². The van der Waals surface area contributed by atoms with Crippen molar-refractivity contribution in [1.82, 2.24) is 9.88 Å². The fourth-order valence-electron chi connectivity index (χ4n) is 2.97. The third kappa shape index (κ3) is 5.94. The van der Waals surface area contributed by atoms with E-state index < -0.39 is 42.3 Å². The summed E-state index contributed by atoms with van der Waals surface area (Å²) in [6, 6.07) is 7.90. The number of carbonyl (C=O) groups is 3. The second-order valence-electron chi connectivity index (χ2n) is 6.97. The van der Waals surface area contributed by atoms with E-state index in [1.165, 1.54) is 18.2 Å². The van der Waals surface area contributed by atoms with Crippen molar-refractivity contribution in [1.29, 1.82) is 0 Å². The second kappa shape index (κ2) is 9.40. The number of carbonyl (C=O) groups excluding carboxylic acids is 3. The summed E-state index contributed by atoms with van der Waals surface area (Å²) in [5, 5.41) is 5.02. The zero-order valence-corrected chi connectivity index (χ0v) is 17.8. The van der Waals surface area contributed by atoms with Crippen LogP contribution >= 0.6 is 11.3 Å². The lowest BCUT2D eigenvalue weighted by atomic mass is 9.96.